The number of hydrogen-bond acceptors (Lipinski definition) is 4. The van der Waals surface area contributed by atoms with Crippen molar-refractivity contribution in [3.8, 4) is 0 Å². The third-order valence-electron chi connectivity index (χ3n) is 2.18. The van der Waals surface area contributed by atoms with Crippen molar-refractivity contribution in [1.82, 2.24) is 9.97 Å². The number of aryl methyl sites for hydroxylation is 1. The Kier molecular flexibility index (Phi) is 3.01. The molecule has 0 fully saturated rings. The van der Waals surface area contributed by atoms with E-state index in [1.807, 2.05) is 0 Å². The molecule has 0 radical (unpaired) electrons. The molecule has 0 saturated heterocycles. The lowest BCUT2D eigenvalue weighted by atomic mass is 10.3. The first-order valence-corrected chi connectivity index (χ1v) is 5.33. The molecule has 0 aliphatic carbocycles. The van der Waals surface area contributed by atoms with Crippen molar-refractivity contribution in [2.75, 3.05) is 11.1 Å². The van der Waals surface area contributed by atoms with E-state index in [9.17, 15) is 4.79 Å². The van der Waals surface area contributed by atoms with Gasteiger partial charge in [-0.3, -0.25) is 4.79 Å². The second-order valence-corrected chi connectivity index (χ2v) is 3.98. The second kappa shape index (κ2) is 4.47. The number of nitrogens with zero attached hydrogens (tertiary/aromatic N) is 1. The standard InChI is InChI=1S/C11H11ClN4O/c1-6-14-10(9(13)11(17)15-6)16-8-4-2-7(12)3-5-8/h2-5H,13H2,1H3,(H2,14,15,16,17). The quantitative estimate of drug-likeness (QED) is 0.762. The summed E-state index contributed by atoms with van der Waals surface area (Å²) in [5, 5.41) is 3.60. The summed E-state index contributed by atoms with van der Waals surface area (Å²) in [6.45, 7) is 1.69. The van der Waals surface area contributed by atoms with Gasteiger partial charge in [0.1, 0.15) is 11.5 Å². The maximum absolute atomic E-state index is 11.4. The summed E-state index contributed by atoms with van der Waals surface area (Å²) in [4.78, 5) is 18.1. The van der Waals surface area contributed by atoms with Gasteiger partial charge in [0.15, 0.2) is 5.82 Å². The van der Waals surface area contributed by atoms with Gasteiger partial charge in [0.05, 0.1) is 0 Å². The lowest BCUT2D eigenvalue weighted by molar-refractivity contribution is 1.03. The predicted molar refractivity (Wildman–Crippen MR) is 68.7 cm³/mol. The molecule has 0 spiro atoms. The number of aromatic nitrogens is 2. The van der Waals surface area contributed by atoms with E-state index in [4.69, 9.17) is 17.3 Å². The highest BCUT2D eigenvalue weighted by atomic mass is 35.5. The summed E-state index contributed by atoms with van der Waals surface area (Å²) < 4.78 is 0. The van der Waals surface area contributed by atoms with Crippen LogP contribution in [-0.2, 0) is 0 Å². The molecule has 0 atom stereocenters. The lowest BCUT2D eigenvalue weighted by Gasteiger charge is -2.08. The summed E-state index contributed by atoms with van der Waals surface area (Å²) in [6, 6.07) is 7.03. The van der Waals surface area contributed by atoms with Crippen molar-refractivity contribution in [2.24, 2.45) is 0 Å². The molecule has 0 saturated carbocycles. The van der Waals surface area contributed by atoms with Gasteiger partial charge in [0, 0.05) is 10.7 Å². The van der Waals surface area contributed by atoms with Gasteiger partial charge >= 0.3 is 0 Å². The van der Waals surface area contributed by atoms with E-state index >= 15 is 0 Å². The number of anilines is 3. The van der Waals surface area contributed by atoms with Crippen LogP contribution in [-0.4, -0.2) is 9.97 Å². The van der Waals surface area contributed by atoms with Crippen LogP contribution < -0.4 is 16.6 Å². The van der Waals surface area contributed by atoms with Gasteiger partial charge in [-0.15, -0.1) is 0 Å². The largest absolute Gasteiger partial charge is 0.391 e. The smallest absolute Gasteiger partial charge is 0.276 e. The number of hydrogen-bond donors (Lipinski definition) is 3. The Bertz CT molecular complexity index is 591. The van der Waals surface area contributed by atoms with Gasteiger partial charge in [-0.05, 0) is 31.2 Å². The molecule has 88 valence electrons. The highest BCUT2D eigenvalue weighted by Gasteiger charge is 2.06. The molecule has 2 aromatic rings. The highest BCUT2D eigenvalue weighted by molar-refractivity contribution is 6.30. The van der Waals surface area contributed by atoms with E-state index in [0.717, 1.165) is 5.69 Å². The van der Waals surface area contributed by atoms with Gasteiger partial charge in [-0.2, -0.15) is 0 Å². The van der Waals surface area contributed by atoms with E-state index in [0.29, 0.717) is 16.7 Å². The Hall–Kier alpha value is -2.01. The first-order valence-electron chi connectivity index (χ1n) is 4.95. The Balaban J connectivity index is 2.36. The number of nitrogen functional groups attached to an aromatic ring is 1. The van der Waals surface area contributed by atoms with Gasteiger partial charge in [-0.1, -0.05) is 11.6 Å². The zero-order valence-corrected chi connectivity index (χ0v) is 9.88. The number of halogens is 1. The topological polar surface area (TPSA) is 83.8 Å². The van der Waals surface area contributed by atoms with E-state index in [2.05, 4.69) is 15.3 Å². The zero-order valence-electron chi connectivity index (χ0n) is 9.12. The number of aromatic amines is 1. The molecule has 0 aliphatic heterocycles. The van der Waals surface area contributed by atoms with Crippen molar-refractivity contribution in [3.05, 3.63) is 45.5 Å². The number of H-pyrrole nitrogens is 1. The Morgan fingerprint density at radius 1 is 1.35 bits per heavy atom. The van der Waals surface area contributed by atoms with Gasteiger partial charge in [0.2, 0.25) is 0 Å². The number of rotatable bonds is 2. The van der Waals surface area contributed by atoms with Crippen LogP contribution in [0.2, 0.25) is 5.02 Å². The average Bonchev–Trinajstić information content (AvgIpc) is 2.28. The Morgan fingerprint density at radius 2 is 2.00 bits per heavy atom. The minimum Gasteiger partial charge on any atom is -0.391 e. The van der Waals surface area contributed by atoms with Gasteiger partial charge in [0.25, 0.3) is 5.56 Å². The monoisotopic (exact) mass is 250 g/mol. The van der Waals surface area contributed by atoms with Crippen LogP contribution in [0.25, 0.3) is 0 Å². The summed E-state index contributed by atoms with van der Waals surface area (Å²) in [5.41, 5.74) is 6.10. The minimum absolute atomic E-state index is 0.0607. The molecule has 1 aromatic carbocycles. The lowest BCUT2D eigenvalue weighted by Crippen LogP contribution is -2.17. The predicted octanol–water partition coefficient (Wildman–Crippen LogP) is 2.06. The van der Waals surface area contributed by atoms with E-state index in [1.165, 1.54) is 0 Å². The molecule has 1 aromatic heterocycles. The fraction of sp³-hybridized carbons (Fsp3) is 0.0909. The highest BCUT2D eigenvalue weighted by Crippen LogP contribution is 2.19. The van der Waals surface area contributed by atoms with Crippen LogP contribution in [0.4, 0.5) is 17.2 Å². The molecule has 0 bridgehead atoms. The third-order valence-corrected chi connectivity index (χ3v) is 2.43. The summed E-state index contributed by atoms with van der Waals surface area (Å²) >= 11 is 5.77. The molecular weight excluding hydrogens is 240 g/mol. The third kappa shape index (κ3) is 2.57. The first-order chi connectivity index (χ1) is 8.06. The molecular formula is C11H11ClN4O. The molecule has 17 heavy (non-hydrogen) atoms. The van der Waals surface area contributed by atoms with Crippen molar-refractivity contribution < 1.29 is 0 Å². The fourth-order valence-electron chi connectivity index (χ4n) is 1.36. The van der Waals surface area contributed by atoms with Crippen molar-refractivity contribution in [1.29, 1.82) is 0 Å². The van der Waals surface area contributed by atoms with E-state index in [1.54, 1.807) is 31.2 Å². The summed E-state index contributed by atoms with van der Waals surface area (Å²) in [5.74, 6) is 0.842. The van der Waals surface area contributed by atoms with Gasteiger partial charge in [-0.25, -0.2) is 4.98 Å². The molecule has 0 unspecified atom stereocenters. The molecule has 5 nitrogen and oxygen atoms in total. The van der Waals surface area contributed by atoms with Crippen molar-refractivity contribution in [3.63, 3.8) is 0 Å². The molecule has 0 amide bonds. The van der Waals surface area contributed by atoms with Gasteiger partial charge < -0.3 is 16.0 Å². The second-order valence-electron chi connectivity index (χ2n) is 3.55. The Morgan fingerprint density at radius 3 is 2.65 bits per heavy atom. The van der Waals surface area contributed by atoms with Crippen LogP contribution in [0.1, 0.15) is 5.82 Å². The molecule has 2 rings (SSSR count). The van der Waals surface area contributed by atoms with Crippen LogP contribution in [0.5, 0.6) is 0 Å². The van der Waals surface area contributed by atoms with Crippen LogP contribution >= 0.6 is 11.6 Å². The minimum atomic E-state index is -0.353. The SMILES string of the molecule is Cc1nc(Nc2ccc(Cl)cc2)c(N)c(=O)[nH]1. The molecule has 4 N–H and O–H groups in total. The maximum atomic E-state index is 11.4. The first kappa shape index (κ1) is 11.5. The normalized spacial score (nSPS) is 10.2. The van der Waals surface area contributed by atoms with Crippen LogP contribution in [0.15, 0.2) is 29.1 Å². The fourth-order valence-corrected chi connectivity index (χ4v) is 1.49. The van der Waals surface area contributed by atoms with Crippen LogP contribution in [0, 0.1) is 6.92 Å². The van der Waals surface area contributed by atoms with Crippen LogP contribution in [0.3, 0.4) is 0 Å². The van der Waals surface area contributed by atoms with Crippen molar-refractivity contribution >= 4 is 28.8 Å². The number of nitrogens with one attached hydrogen (secondary N) is 2. The molecule has 1 heterocycles. The molecule has 6 heteroatoms. The number of benzene rings is 1. The molecule has 0 aliphatic rings. The van der Waals surface area contributed by atoms with E-state index in [-0.39, 0.29) is 11.2 Å². The summed E-state index contributed by atoms with van der Waals surface area (Å²) in [7, 11) is 0. The summed E-state index contributed by atoms with van der Waals surface area (Å²) in [6.07, 6.45) is 0. The van der Waals surface area contributed by atoms with Crippen molar-refractivity contribution in [2.45, 2.75) is 6.92 Å². The zero-order chi connectivity index (χ0) is 12.4. The average molecular weight is 251 g/mol. The maximum Gasteiger partial charge on any atom is 0.276 e. The number of nitrogens with two attached hydrogens (primary N) is 1. The van der Waals surface area contributed by atoms with E-state index < -0.39 is 0 Å². The Labute approximate surface area is 103 Å².